The van der Waals surface area contributed by atoms with Crippen LogP contribution in [-0.4, -0.2) is 0 Å². The fourth-order valence-electron chi connectivity index (χ4n) is 5.62. The van der Waals surface area contributed by atoms with E-state index in [1.54, 1.807) is 51.4 Å². The molecule has 0 aromatic carbocycles. The molecule has 104 valence electrons. The van der Waals surface area contributed by atoms with Gasteiger partial charge < -0.3 is 0 Å². The zero-order valence-corrected chi connectivity index (χ0v) is 12.4. The van der Waals surface area contributed by atoms with Crippen molar-refractivity contribution >= 4 is 0 Å². The van der Waals surface area contributed by atoms with Crippen molar-refractivity contribution in [3.05, 3.63) is 0 Å². The minimum absolute atomic E-state index is 1.10. The molecule has 3 saturated carbocycles. The lowest BCUT2D eigenvalue weighted by atomic mass is 9.56. The van der Waals surface area contributed by atoms with Crippen molar-refractivity contribution in [2.24, 2.45) is 29.6 Å². The normalized spacial score (nSPS) is 44.2. The number of hydrogen-bond acceptors (Lipinski definition) is 0. The number of rotatable bonds is 3. The van der Waals surface area contributed by atoms with Crippen LogP contribution in [0.5, 0.6) is 0 Å². The van der Waals surface area contributed by atoms with Crippen LogP contribution in [0.2, 0.25) is 0 Å². The SMILES string of the molecule is CCCC[C@H]1CCC2C(CCC3CCCCC32)C1. The Morgan fingerprint density at radius 3 is 2.44 bits per heavy atom. The van der Waals surface area contributed by atoms with E-state index < -0.39 is 0 Å². The first-order valence-corrected chi connectivity index (χ1v) is 8.88. The number of unbranched alkanes of at least 4 members (excludes halogenated alkanes) is 1. The van der Waals surface area contributed by atoms with Crippen molar-refractivity contribution in [3.63, 3.8) is 0 Å². The Hall–Kier alpha value is 0. The molecule has 0 spiro atoms. The third-order valence-electron chi connectivity index (χ3n) is 6.54. The fourth-order valence-corrected chi connectivity index (χ4v) is 5.62. The van der Waals surface area contributed by atoms with Gasteiger partial charge >= 0.3 is 0 Å². The van der Waals surface area contributed by atoms with E-state index in [0.29, 0.717) is 0 Å². The van der Waals surface area contributed by atoms with Gasteiger partial charge in [0.2, 0.25) is 0 Å². The average molecular weight is 248 g/mol. The Morgan fingerprint density at radius 1 is 0.778 bits per heavy atom. The largest absolute Gasteiger partial charge is 0.0654 e. The molecule has 0 amide bonds. The first-order chi connectivity index (χ1) is 8.88. The molecule has 4 unspecified atom stereocenters. The molecule has 0 bridgehead atoms. The first kappa shape index (κ1) is 13.0. The molecule has 0 aromatic heterocycles. The molecular formula is C18H32. The molecule has 3 fully saturated rings. The van der Waals surface area contributed by atoms with E-state index in [-0.39, 0.29) is 0 Å². The van der Waals surface area contributed by atoms with E-state index >= 15 is 0 Å². The molecule has 0 saturated heterocycles. The van der Waals surface area contributed by atoms with Gasteiger partial charge in [0.15, 0.2) is 0 Å². The van der Waals surface area contributed by atoms with Crippen molar-refractivity contribution in [1.29, 1.82) is 0 Å². The van der Waals surface area contributed by atoms with Crippen molar-refractivity contribution < 1.29 is 0 Å². The summed E-state index contributed by atoms with van der Waals surface area (Å²) in [5.74, 6) is 5.70. The van der Waals surface area contributed by atoms with Crippen LogP contribution < -0.4 is 0 Å². The van der Waals surface area contributed by atoms with Gasteiger partial charge in [-0.2, -0.15) is 0 Å². The highest BCUT2D eigenvalue weighted by molar-refractivity contribution is 4.92. The van der Waals surface area contributed by atoms with Gasteiger partial charge in [0.1, 0.15) is 0 Å². The van der Waals surface area contributed by atoms with Crippen LogP contribution in [0.25, 0.3) is 0 Å². The van der Waals surface area contributed by atoms with Crippen LogP contribution in [0.1, 0.15) is 84.0 Å². The molecule has 0 aromatic rings. The smallest absolute Gasteiger partial charge is 0.0355 e. The third-order valence-corrected chi connectivity index (χ3v) is 6.54. The summed E-state index contributed by atoms with van der Waals surface area (Å²) in [6.45, 7) is 2.35. The molecule has 0 heterocycles. The Labute approximate surface area is 114 Å². The van der Waals surface area contributed by atoms with Gasteiger partial charge in [-0.1, -0.05) is 51.9 Å². The summed E-state index contributed by atoms with van der Waals surface area (Å²) in [5, 5.41) is 0. The Morgan fingerprint density at radius 2 is 1.56 bits per heavy atom. The summed E-state index contributed by atoms with van der Waals surface area (Å²) in [4.78, 5) is 0. The highest BCUT2D eigenvalue weighted by Crippen LogP contribution is 2.52. The van der Waals surface area contributed by atoms with Crippen LogP contribution >= 0.6 is 0 Å². The summed E-state index contributed by atoms with van der Waals surface area (Å²) in [7, 11) is 0. The zero-order valence-electron chi connectivity index (χ0n) is 12.4. The molecular weight excluding hydrogens is 216 g/mol. The zero-order chi connectivity index (χ0) is 12.4. The second kappa shape index (κ2) is 5.97. The summed E-state index contributed by atoms with van der Waals surface area (Å²) < 4.78 is 0. The van der Waals surface area contributed by atoms with Crippen LogP contribution in [0.4, 0.5) is 0 Å². The first-order valence-electron chi connectivity index (χ1n) is 8.88. The molecule has 3 aliphatic carbocycles. The van der Waals surface area contributed by atoms with Gasteiger partial charge in [-0.3, -0.25) is 0 Å². The van der Waals surface area contributed by atoms with Crippen LogP contribution in [0, 0.1) is 29.6 Å². The number of fused-ring (bicyclic) bond motifs is 3. The lowest BCUT2D eigenvalue weighted by Crippen LogP contribution is -2.40. The lowest BCUT2D eigenvalue weighted by molar-refractivity contribution is 0.0101. The van der Waals surface area contributed by atoms with Crippen LogP contribution in [-0.2, 0) is 0 Å². The molecule has 0 heteroatoms. The van der Waals surface area contributed by atoms with Gasteiger partial charge in [0, 0.05) is 0 Å². The molecule has 0 aliphatic heterocycles. The van der Waals surface area contributed by atoms with E-state index in [1.807, 2.05) is 0 Å². The van der Waals surface area contributed by atoms with Crippen molar-refractivity contribution in [3.8, 4) is 0 Å². The Balaban J connectivity index is 1.58. The summed E-state index contributed by atoms with van der Waals surface area (Å²) in [6.07, 6.45) is 18.6. The van der Waals surface area contributed by atoms with Crippen molar-refractivity contribution in [2.75, 3.05) is 0 Å². The molecule has 5 atom stereocenters. The fraction of sp³-hybridized carbons (Fsp3) is 1.00. The summed E-state index contributed by atoms with van der Waals surface area (Å²) in [5.41, 5.74) is 0. The summed E-state index contributed by atoms with van der Waals surface area (Å²) in [6, 6.07) is 0. The minimum Gasteiger partial charge on any atom is -0.0654 e. The standard InChI is InChI=1S/C18H32/c1-2-3-6-14-9-12-18-16(13-14)11-10-15-7-4-5-8-17(15)18/h14-18H,2-13H2,1H3/t14-,15?,16?,17?,18?/m0/s1. The van der Waals surface area contributed by atoms with Gasteiger partial charge in [-0.25, -0.2) is 0 Å². The predicted molar refractivity (Wildman–Crippen MR) is 78.5 cm³/mol. The van der Waals surface area contributed by atoms with E-state index in [1.165, 1.54) is 25.7 Å². The predicted octanol–water partition coefficient (Wildman–Crippen LogP) is 5.81. The van der Waals surface area contributed by atoms with E-state index in [2.05, 4.69) is 6.92 Å². The van der Waals surface area contributed by atoms with Crippen molar-refractivity contribution in [2.45, 2.75) is 84.0 Å². The molecule has 0 nitrogen and oxygen atoms in total. The maximum Gasteiger partial charge on any atom is -0.0355 e. The maximum absolute atomic E-state index is 2.35. The van der Waals surface area contributed by atoms with Crippen molar-refractivity contribution in [1.82, 2.24) is 0 Å². The monoisotopic (exact) mass is 248 g/mol. The van der Waals surface area contributed by atoms with Gasteiger partial charge in [0.25, 0.3) is 0 Å². The molecule has 3 rings (SSSR count). The topological polar surface area (TPSA) is 0 Å². The molecule has 0 N–H and O–H groups in total. The molecule has 0 radical (unpaired) electrons. The highest BCUT2D eigenvalue weighted by atomic mass is 14.5. The second-order valence-corrected chi connectivity index (χ2v) is 7.53. The van der Waals surface area contributed by atoms with Crippen LogP contribution in [0.3, 0.4) is 0 Å². The quantitative estimate of drug-likeness (QED) is 0.591. The third kappa shape index (κ3) is 2.63. The average Bonchev–Trinajstić information content (AvgIpc) is 2.44. The van der Waals surface area contributed by atoms with Gasteiger partial charge in [0.05, 0.1) is 0 Å². The summed E-state index contributed by atoms with van der Waals surface area (Å²) >= 11 is 0. The van der Waals surface area contributed by atoms with Crippen LogP contribution in [0.15, 0.2) is 0 Å². The number of hydrogen-bond donors (Lipinski definition) is 0. The highest BCUT2D eigenvalue weighted by Gasteiger charge is 2.42. The lowest BCUT2D eigenvalue weighted by Gasteiger charge is -2.49. The van der Waals surface area contributed by atoms with E-state index in [4.69, 9.17) is 0 Å². The minimum atomic E-state index is 1.10. The van der Waals surface area contributed by atoms with E-state index in [9.17, 15) is 0 Å². The Kier molecular flexibility index (Phi) is 4.31. The van der Waals surface area contributed by atoms with Gasteiger partial charge in [-0.15, -0.1) is 0 Å². The molecule has 18 heavy (non-hydrogen) atoms. The maximum atomic E-state index is 2.35. The molecule has 3 aliphatic rings. The Bertz CT molecular complexity index is 257. The van der Waals surface area contributed by atoms with E-state index in [0.717, 1.165) is 29.6 Å². The second-order valence-electron chi connectivity index (χ2n) is 7.53. The van der Waals surface area contributed by atoms with Gasteiger partial charge in [-0.05, 0) is 61.7 Å².